The van der Waals surface area contributed by atoms with Crippen LogP contribution < -0.4 is 0 Å². The molecule has 1 atom stereocenters. The number of pyridine rings is 2. The van der Waals surface area contributed by atoms with Gasteiger partial charge in [-0.2, -0.15) is 13.2 Å². The fourth-order valence-corrected chi connectivity index (χ4v) is 3.55. The maximum atomic E-state index is 13.2. The van der Waals surface area contributed by atoms with Gasteiger partial charge in [0.25, 0.3) is 0 Å². The number of carboxylic acids is 1. The number of hydrogen-bond acceptors (Lipinski definition) is 5. The van der Waals surface area contributed by atoms with Crippen LogP contribution in [0, 0.1) is 19.3 Å². The van der Waals surface area contributed by atoms with Crippen LogP contribution in [0.2, 0.25) is 0 Å². The summed E-state index contributed by atoms with van der Waals surface area (Å²) in [5.74, 6) is -3.06. The average Bonchev–Trinajstić information content (AvgIpc) is 3.10. The lowest BCUT2D eigenvalue weighted by atomic mass is 9.72. The van der Waals surface area contributed by atoms with Crippen LogP contribution in [-0.4, -0.2) is 35.8 Å². The quantitative estimate of drug-likeness (QED) is 0.653. The van der Waals surface area contributed by atoms with Crippen LogP contribution in [0.3, 0.4) is 0 Å². The molecule has 3 rings (SSSR count). The third kappa shape index (κ3) is 3.51. The van der Waals surface area contributed by atoms with Gasteiger partial charge in [-0.15, -0.1) is 10.2 Å². The summed E-state index contributed by atoms with van der Waals surface area (Å²) in [5.41, 5.74) is 1.00. The second kappa shape index (κ2) is 7.35. The van der Waals surface area contributed by atoms with Crippen molar-refractivity contribution in [2.24, 2.45) is 5.41 Å². The van der Waals surface area contributed by atoms with Gasteiger partial charge in [-0.3, -0.25) is 14.2 Å². The molecule has 0 aliphatic rings. The number of halogens is 3. The molecule has 10 heteroatoms. The minimum Gasteiger partial charge on any atom is -0.481 e. The van der Waals surface area contributed by atoms with Crippen molar-refractivity contribution in [3.05, 3.63) is 58.3 Å². The van der Waals surface area contributed by atoms with Crippen LogP contribution in [-0.2, 0) is 17.6 Å². The molecule has 0 aliphatic heterocycles. The second-order valence-corrected chi connectivity index (χ2v) is 7.73. The lowest BCUT2D eigenvalue weighted by molar-refractivity contribution is -0.147. The van der Waals surface area contributed by atoms with Crippen LogP contribution in [0.5, 0.6) is 0 Å². The Hall–Kier alpha value is -3.01. The van der Waals surface area contributed by atoms with Gasteiger partial charge in [-0.1, -0.05) is 6.07 Å². The van der Waals surface area contributed by atoms with E-state index in [1.807, 2.05) is 0 Å². The molecular weight excluding hydrogens is 401 g/mol. The largest absolute Gasteiger partial charge is 0.481 e. The molecule has 0 bridgehead atoms. The van der Waals surface area contributed by atoms with Gasteiger partial charge in [0.15, 0.2) is 5.65 Å². The summed E-state index contributed by atoms with van der Waals surface area (Å²) < 4.78 is 40.4. The number of aromatic nitrogens is 4. The molecule has 30 heavy (non-hydrogen) atoms. The van der Waals surface area contributed by atoms with Gasteiger partial charge >= 0.3 is 12.1 Å². The number of aliphatic carboxylic acids is 1. The fourth-order valence-electron chi connectivity index (χ4n) is 3.55. The Labute approximate surface area is 170 Å². The van der Waals surface area contributed by atoms with Crippen molar-refractivity contribution in [2.45, 2.75) is 46.4 Å². The highest BCUT2D eigenvalue weighted by atomic mass is 19.4. The number of alkyl halides is 3. The molecule has 1 unspecified atom stereocenters. The number of nitrogens with zero attached hydrogens (tertiary/aromatic N) is 4. The topological polar surface area (TPSA) is 101 Å². The fraction of sp³-hybridized carbons (Fsp3) is 0.400. The van der Waals surface area contributed by atoms with E-state index in [0.717, 1.165) is 9.96 Å². The van der Waals surface area contributed by atoms with Crippen molar-refractivity contribution >= 4 is 11.6 Å². The molecule has 0 aromatic carbocycles. The van der Waals surface area contributed by atoms with E-state index >= 15 is 0 Å². The standard InChI is InChI=1S/C20H21F3N4O3/c1-10-5-6-13(24-14(10)9-28)15(19(3,4)18(29)30)12-7-8-27-16(11(12)2)25-26-17(27)20(21,22)23/h5-8,15,28H,9H2,1-4H3,(H,29,30). The van der Waals surface area contributed by atoms with Crippen molar-refractivity contribution in [1.29, 1.82) is 0 Å². The molecule has 0 saturated carbocycles. The molecule has 7 nitrogen and oxygen atoms in total. The minimum atomic E-state index is -4.68. The SMILES string of the molecule is Cc1ccc(C(c2ccn3c(C(F)(F)F)nnc3c2C)C(C)(C)C(=O)O)nc1CO. The Kier molecular flexibility index (Phi) is 5.32. The molecule has 0 spiro atoms. The van der Waals surface area contributed by atoms with E-state index in [1.165, 1.54) is 26.1 Å². The highest BCUT2D eigenvalue weighted by molar-refractivity contribution is 5.76. The zero-order valence-corrected chi connectivity index (χ0v) is 16.8. The molecule has 3 heterocycles. The van der Waals surface area contributed by atoms with Gasteiger partial charge in [0.2, 0.25) is 5.82 Å². The summed E-state index contributed by atoms with van der Waals surface area (Å²) in [5, 5.41) is 26.4. The van der Waals surface area contributed by atoms with Crippen molar-refractivity contribution < 1.29 is 28.2 Å². The Bertz CT molecular complexity index is 1120. The summed E-state index contributed by atoms with van der Waals surface area (Å²) >= 11 is 0. The first kappa shape index (κ1) is 21.7. The predicted octanol–water partition coefficient (Wildman–Crippen LogP) is 3.49. The number of aliphatic hydroxyl groups excluding tert-OH is 1. The smallest absolute Gasteiger partial charge is 0.452 e. The number of fused-ring (bicyclic) bond motifs is 1. The molecule has 0 aliphatic carbocycles. The van der Waals surface area contributed by atoms with Gasteiger partial charge < -0.3 is 10.2 Å². The van der Waals surface area contributed by atoms with Gasteiger partial charge in [-0.05, 0) is 56.5 Å². The van der Waals surface area contributed by atoms with E-state index in [2.05, 4.69) is 15.2 Å². The number of carboxylic acid groups (broad SMARTS) is 1. The van der Waals surface area contributed by atoms with Crippen LogP contribution >= 0.6 is 0 Å². The predicted molar refractivity (Wildman–Crippen MR) is 101 cm³/mol. The number of hydrogen-bond donors (Lipinski definition) is 2. The van der Waals surface area contributed by atoms with E-state index in [1.54, 1.807) is 26.0 Å². The Morgan fingerprint density at radius 2 is 1.83 bits per heavy atom. The number of carbonyl (C=O) groups is 1. The van der Waals surface area contributed by atoms with Crippen LogP contribution in [0.1, 0.15) is 53.7 Å². The van der Waals surface area contributed by atoms with Gasteiger partial charge in [-0.25, -0.2) is 0 Å². The minimum absolute atomic E-state index is 0.0134. The number of aliphatic hydroxyl groups is 1. The van der Waals surface area contributed by atoms with Crippen LogP contribution in [0.15, 0.2) is 24.4 Å². The zero-order chi connectivity index (χ0) is 22.4. The molecule has 2 N–H and O–H groups in total. The average molecular weight is 422 g/mol. The summed E-state index contributed by atoms with van der Waals surface area (Å²) in [6.07, 6.45) is -3.49. The maximum Gasteiger partial charge on any atom is 0.452 e. The zero-order valence-electron chi connectivity index (χ0n) is 16.8. The van der Waals surface area contributed by atoms with Crippen LogP contribution in [0.4, 0.5) is 13.2 Å². The highest BCUT2D eigenvalue weighted by Gasteiger charge is 2.42. The first-order valence-electron chi connectivity index (χ1n) is 9.11. The van der Waals surface area contributed by atoms with Gasteiger partial charge in [0.1, 0.15) is 0 Å². The van der Waals surface area contributed by atoms with E-state index in [9.17, 15) is 28.2 Å². The van der Waals surface area contributed by atoms with Crippen molar-refractivity contribution in [2.75, 3.05) is 0 Å². The van der Waals surface area contributed by atoms with Gasteiger partial charge in [0.05, 0.1) is 17.7 Å². The number of aryl methyl sites for hydroxylation is 2. The normalized spacial score (nSPS) is 13.6. The Balaban J connectivity index is 2.28. The first-order valence-corrected chi connectivity index (χ1v) is 9.11. The summed E-state index contributed by atoms with van der Waals surface area (Å²) in [7, 11) is 0. The van der Waals surface area contributed by atoms with Gasteiger partial charge in [0, 0.05) is 17.8 Å². The second-order valence-electron chi connectivity index (χ2n) is 7.73. The molecular formula is C20H21F3N4O3. The Morgan fingerprint density at radius 3 is 2.40 bits per heavy atom. The van der Waals surface area contributed by atoms with E-state index in [4.69, 9.17) is 0 Å². The molecule has 160 valence electrons. The summed E-state index contributed by atoms with van der Waals surface area (Å²) in [6, 6.07) is 4.83. The lowest BCUT2D eigenvalue weighted by Gasteiger charge is -2.32. The summed E-state index contributed by atoms with van der Waals surface area (Å²) in [6.45, 7) is 6.07. The molecule has 3 aromatic rings. The number of rotatable bonds is 5. The maximum absolute atomic E-state index is 13.2. The van der Waals surface area contributed by atoms with E-state index in [-0.39, 0.29) is 12.3 Å². The monoisotopic (exact) mass is 422 g/mol. The molecule has 3 aromatic heterocycles. The third-order valence-electron chi connectivity index (χ3n) is 5.37. The first-order chi connectivity index (χ1) is 13.9. The van der Waals surface area contributed by atoms with Crippen molar-refractivity contribution in [3.8, 4) is 0 Å². The van der Waals surface area contributed by atoms with E-state index < -0.39 is 29.3 Å². The molecule has 0 radical (unpaired) electrons. The highest BCUT2D eigenvalue weighted by Crippen LogP contribution is 2.43. The lowest BCUT2D eigenvalue weighted by Crippen LogP contribution is -2.33. The molecule has 0 amide bonds. The Morgan fingerprint density at radius 1 is 1.17 bits per heavy atom. The molecule has 0 saturated heterocycles. The van der Waals surface area contributed by atoms with E-state index in [0.29, 0.717) is 22.5 Å². The van der Waals surface area contributed by atoms with Crippen molar-refractivity contribution in [3.63, 3.8) is 0 Å². The third-order valence-corrected chi connectivity index (χ3v) is 5.37. The summed E-state index contributed by atoms with van der Waals surface area (Å²) in [4.78, 5) is 16.5. The van der Waals surface area contributed by atoms with Crippen molar-refractivity contribution in [1.82, 2.24) is 19.6 Å². The molecule has 0 fully saturated rings. The van der Waals surface area contributed by atoms with Crippen LogP contribution in [0.25, 0.3) is 5.65 Å².